The van der Waals surface area contributed by atoms with Crippen LogP contribution in [0, 0.1) is 0 Å². The van der Waals surface area contributed by atoms with Crippen LogP contribution in [-0.4, -0.2) is 39.4 Å². The van der Waals surface area contributed by atoms with Crippen molar-refractivity contribution in [3.8, 4) is 17.2 Å². The molecule has 0 aliphatic carbocycles. The van der Waals surface area contributed by atoms with Gasteiger partial charge in [-0.1, -0.05) is 0 Å². The van der Waals surface area contributed by atoms with Crippen LogP contribution in [0.3, 0.4) is 0 Å². The first-order valence-electron chi connectivity index (χ1n) is 7.68. The molecule has 0 saturated carbocycles. The topological polar surface area (TPSA) is 98.2 Å². The van der Waals surface area contributed by atoms with Crippen LogP contribution in [0.2, 0.25) is 0 Å². The average Bonchev–Trinajstić information content (AvgIpc) is 2.68. The van der Waals surface area contributed by atoms with Gasteiger partial charge in [0, 0.05) is 17.3 Å². The van der Waals surface area contributed by atoms with E-state index in [9.17, 15) is 9.59 Å². The molecule has 2 aromatic carbocycles. The van der Waals surface area contributed by atoms with Crippen LogP contribution in [0.25, 0.3) is 0 Å². The Bertz CT molecular complexity index is 853. The predicted molar refractivity (Wildman–Crippen MR) is 105 cm³/mol. The fourth-order valence-electron chi connectivity index (χ4n) is 2.06. The Labute approximate surface area is 164 Å². The largest absolute Gasteiger partial charge is 0.497 e. The van der Waals surface area contributed by atoms with Gasteiger partial charge in [-0.3, -0.25) is 9.59 Å². The van der Waals surface area contributed by atoms with E-state index in [0.717, 1.165) is 0 Å². The molecule has 0 bridgehead atoms. The molecule has 0 aliphatic heterocycles. The maximum absolute atomic E-state index is 11.9. The summed E-state index contributed by atoms with van der Waals surface area (Å²) in [7, 11) is 4.57. The van der Waals surface area contributed by atoms with Crippen LogP contribution >= 0.6 is 15.9 Å². The number of nitrogens with one attached hydrogen (secondary N) is 2. The van der Waals surface area contributed by atoms with Crippen LogP contribution < -0.4 is 25.0 Å². The second kappa shape index (κ2) is 9.58. The fraction of sp³-hybridized carbons (Fsp3) is 0.167. The number of rotatable bonds is 6. The van der Waals surface area contributed by atoms with Gasteiger partial charge in [-0.25, -0.2) is 5.43 Å². The molecule has 27 heavy (non-hydrogen) atoms. The molecule has 0 heterocycles. The smallest absolute Gasteiger partial charge is 0.329 e. The highest BCUT2D eigenvalue weighted by atomic mass is 79.9. The van der Waals surface area contributed by atoms with Crippen molar-refractivity contribution in [2.75, 3.05) is 26.6 Å². The lowest BCUT2D eigenvalue weighted by Gasteiger charge is -2.09. The van der Waals surface area contributed by atoms with Crippen molar-refractivity contribution >= 4 is 39.6 Å². The normalized spacial score (nSPS) is 10.4. The van der Waals surface area contributed by atoms with Gasteiger partial charge >= 0.3 is 11.8 Å². The van der Waals surface area contributed by atoms with E-state index in [1.165, 1.54) is 27.5 Å². The number of amides is 2. The van der Waals surface area contributed by atoms with Crippen molar-refractivity contribution in [1.82, 2.24) is 5.43 Å². The van der Waals surface area contributed by atoms with E-state index in [1.54, 1.807) is 36.4 Å². The quantitative estimate of drug-likeness (QED) is 0.412. The second-order valence-electron chi connectivity index (χ2n) is 5.11. The zero-order valence-electron chi connectivity index (χ0n) is 14.9. The number of carbonyl (C=O) groups is 2. The lowest BCUT2D eigenvalue weighted by molar-refractivity contribution is -0.136. The van der Waals surface area contributed by atoms with Crippen molar-refractivity contribution in [3.63, 3.8) is 0 Å². The second-order valence-corrected chi connectivity index (χ2v) is 5.96. The van der Waals surface area contributed by atoms with Crippen LogP contribution in [-0.2, 0) is 9.59 Å². The minimum atomic E-state index is -0.909. The Kier molecular flexibility index (Phi) is 7.18. The zero-order chi connectivity index (χ0) is 19.8. The number of nitrogens with zero attached hydrogens (tertiary/aromatic N) is 1. The van der Waals surface area contributed by atoms with E-state index in [-0.39, 0.29) is 0 Å². The number of hydrogen-bond acceptors (Lipinski definition) is 6. The number of methoxy groups -OCH3 is 3. The average molecular weight is 436 g/mol. The highest BCUT2D eigenvalue weighted by Crippen LogP contribution is 2.31. The SMILES string of the molecule is COc1ccc(NC(=O)C(=O)NN=Cc2cc(Br)c(OC)cc2OC)cc1. The molecule has 2 N–H and O–H groups in total. The molecule has 0 fully saturated rings. The predicted octanol–water partition coefficient (Wildman–Crippen LogP) is 2.56. The summed E-state index contributed by atoms with van der Waals surface area (Å²) in [5, 5.41) is 6.25. The fourth-order valence-corrected chi connectivity index (χ4v) is 2.58. The van der Waals surface area contributed by atoms with Crippen molar-refractivity contribution in [3.05, 3.63) is 46.4 Å². The van der Waals surface area contributed by atoms with Crippen molar-refractivity contribution in [1.29, 1.82) is 0 Å². The molecule has 2 amide bonds. The highest BCUT2D eigenvalue weighted by molar-refractivity contribution is 9.10. The van der Waals surface area contributed by atoms with Gasteiger partial charge in [-0.05, 0) is 46.3 Å². The molecule has 0 unspecified atom stereocenters. The monoisotopic (exact) mass is 435 g/mol. The number of halogens is 1. The van der Waals surface area contributed by atoms with E-state index in [2.05, 4.69) is 31.8 Å². The number of benzene rings is 2. The van der Waals surface area contributed by atoms with E-state index >= 15 is 0 Å². The maximum Gasteiger partial charge on any atom is 0.329 e. The van der Waals surface area contributed by atoms with Gasteiger partial charge in [0.1, 0.15) is 17.2 Å². The molecule has 0 aromatic heterocycles. The summed E-state index contributed by atoms with van der Waals surface area (Å²) >= 11 is 3.36. The molecule has 142 valence electrons. The Morgan fingerprint density at radius 1 is 0.963 bits per heavy atom. The van der Waals surface area contributed by atoms with Gasteiger partial charge in [0.25, 0.3) is 0 Å². The summed E-state index contributed by atoms with van der Waals surface area (Å²) < 4.78 is 16.2. The van der Waals surface area contributed by atoms with Crippen molar-refractivity contribution in [2.45, 2.75) is 0 Å². The van der Waals surface area contributed by atoms with Crippen LogP contribution in [0.5, 0.6) is 17.2 Å². The third-order valence-corrected chi connectivity index (χ3v) is 4.05. The molecule has 0 atom stereocenters. The lowest BCUT2D eigenvalue weighted by Crippen LogP contribution is -2.32. The Balaban J connectivity index is 1.99. The molecular weight excluding hydrogens is 418 g/mol. The van der Waals surface area contributed by atoms with Gasteiger partial charge < -0.3 is 19.5 Å². The molecule has 8 nitrogen and oxygen atoms in total. The first kappa shape index (κ1) is 20.2. The van der Waals surface area contributed by atoms with Crippen molar-refractivity contribution < 1.29 is 23.8 Å². The summed E-state index contributed by atoms with van der Waals surface area (Å²) in [6.45, 7) is 0. The van der Waals surface area contributed by atoms with E-state index in [1.807, 2.05) is 0 Å². The van der Waals surface area contributed by atoms with Gasteiger partial charge in [-0.15, -0.1) is 0 Å². The minimum Gasteiger partial charge on any atom is -0.497 e. The summed E-state index contributed by atoms with van der Waals surface area (Å²) in [5.41, 5.74) is 3.21. The number of ether oxygens (including phenoxy) is 3. The highest BCUT2D eigenvalue weighted by Gasteiger charge is 2.13. The molecule has 0 aliphatic rings. The standard InChI is InChI=1S/C18H18BrN3O5/c1-25-13-6-4-12(5-7-13)21-17(23)18(24)22-20-10-11-8-14(19)16(27-3)9-15(11)26-2/h4-10H,1-3H3,(H,21,23)(H,22,24). The Morgan fingerprint density at radius 3 is 2.22 bits per heavy atom. The molecule has 0 saturated heterocycles. The zero-order valence-corrected chi connectivity index (χ0v) is 16.5. The molecule has 0 radical (unpaired) electrons. The molecular formula is C18H18BrN3O5. The summed E-state index contributed by atoms with van der Waals surface area (Å²) in [4.78, 5) is 23.8. The number of hydrogen-bond donors (Lipinski definition) is 2. The summed E-state index contributed by atoms with van der Waals surface area (Å²) in [6.07, 6.45) is 1.36. The van der Waals surface area contributed by atoms with Gasteiger partial charge in [0.2, 0.25) is 0 Å². The maximum atomic E-state index is 11.9. The van der Waals surface area contributed by atoms with Crippen molar-refractivity contribution in [2.24, 2.45) is 5.10 Å². The third-order valence-electron chi connectivity index (χ3n) is 3.43. The lowest BCUT2D eigenvalue weighted by atomic mass is 10.2. The van der Waals surface area contributed by atoms with E-state index in [4.69, 9.17) is 14.2 Å². The molecule has 2 rings (SSSR count). The first-order chi connectivity index (χ1) is 13.0. The molecule has 0 spiro atoms. The minimum absolute atomic E-state index is 0.459. The van der Waals surface area contributed by atoms with Gasteiger partial charge in [0.15, 0.2) is 0 Å². The number of hydrazone groups is 1. The Morgan fingerprint density at radius 2 is 1.63 bits per heavy atom. The summed E-state index contributed by atoms with van der Waals surface area (Å²) in [6, 6.07) is 9.95. The Hall–Kier alpha value is -3.07. The molecule has 9 heteroatoms. The first-order valence-corrected chi connectivity index (χ1v) is 8.47. The van der Waals surface area contributed by atoms with E-state index in [0.29, 0.717) is 33.0 Å². The van der Waals surface area contributed by atoms with Crippen LogP contribution in [0.4, 0.5) is 5.69 Å². The van der Waals surface area contributed by atoms with E-state index < -0.39 is 11.8 Å². The van der Waals surface area contributed by atoms with Gasteiger partial charge in [0.05, 0.1) is 32.0 Å². The van der Waals surface area contributed by atoms with Crippen LogP contribution in [0.15, 0.2) is 46.0 Å². The third kappa shape index (κ3) is 5.45. The molecule has 2 aromatic rings. The van der Waals surface area contributed by atoms with Crippen LogP contribution in [0.1, 0.15) is 5.56 Å². The number of carbonyl (C=O) groups excluding carboxylic acids is 2. The summed E-state index contributed by atoms with van der Waals surface area (Å²) in [5.74, 6) is -0.0295. The number of anilines is 1. The van der Waals surface area contributed by atoms with Gasteiger partial charge in [-0.2, -0.15) is 5.10 Å².